The van der Waals surface area contributed by atoms with Gasteiger partial charge in [-0.3, -0.25) is 5.84 Å². The van der Waals surface area contributed by atoms with Gasteiger partial charge in [0.05, 0.1) is 6.04 Å². The second kappa shape index (κ2) is 5.28. The van der Waals surface area contributed by atoms with E-state index in [0.29, 0.717) is 5.82 Å². The number of hydrazine groups is 1. The van der Waals surface area contributed by atoms with E-state index in [2.05, 4.69) is 40.7 Å². The molecule has 0 amide bonds. The number of pyridine rings is 1. The maximum absolute atomic E-state index is 5.94. The standard InChI is InChI=1S/C16H16N4/c17-16-14(6-3-9-19-16)15(20-18)13-8-7-11-4-1-2-5-12(11)10-13/h1-10,15,20H,18H2,(H2,17,19). The minimum atomic E-state index is -0.173. The van der Waals surface area contributed by atoms with Gasteiger partial charge in [-0.1, -0.05) is 42.5 Å². The first kappa shape index (κ1) is 12.6. The molecule has 1 aromatic heterocycles. The van der Waals surface area contributed by atoms with Crippen molar-refractivity contribution in [3.63, 3.8) is 0 Å². The first-order valence-electron chi connectivity index (χ1n) is 6.45. The monoisotopic (exact) mass is 264 g/mol. The molecule has 3 rings (SSSR count). The molecule has 0 saturated carbocycles. The number of hydrogen-bond donors (Lipinski definition) is 3. The molecule has 4 heteroatoms. The second-order valence-corrected chi connectivity index (χ2v) is 4.68. The number of anilines is 1. The summed E-state index contributed by atoms with van der Waals surface area (Å²) in [6.07, 6.45) is 1.67. The molecule has 5 N–H and O–H groups in total. The van der Waals surface area contributed by atoms with Gasteiger partial charge in [0.1, 0.15) is 5.82 Å². The zero-order valence-corrected chi connectivity index (χ0v) is 11.0. The number of hydrogen-bond acceptors (Lipinski definition) is 4. The van der Waals surface area contributed by atoms with Gasteiger partial charge in [0.15, 0.2) is 0 Å². The lowest BCUT2D eigenvalue weighted by molar-refractivity contribution is 0.637. The summed E-state index contributed by atoms with van der Waals surface area (Å²) in [4.78, 5) is 4.12. The normalized spacial score (nSPS) is 12.4. The molecule has 0 saturated heterocycles. The minimum absolute atomic E-state index is 0.173. The van der Waals surface area contributed by atoms with Crippen LogP contribution in [0.25, 0.3) is 10.8 Å². The molecule has 20 heavy (non-hydrogen) atoms. The fourth-order valence-electron chi connectivity index (χ4n) is 2.43. The summed E-state index contributed by atoms with van der Waals surface area (Å²) in [6, 6.07) is 18.1. The van der Waals surface area contributed by atoms with Crippen molar-refractivity contribution in [3.05, 3.63) is 71.9 Å². The fraction of sp³-hybridized carbons (Fsp3) is 0.0625. The van der Waals surface area contributed by atoms with Crippen LogP contribution in [0.3, 0.4) is 0 Å². The molecule has 100 valence electrons. The quantitative estimate of drug-likeness (QED) is 0.501. The van der Waals surface area contributed by atoms with Crippen molar-refractivity contribution in [1.29, 1.82) is 0 Å². The molecule has 3 aromatic rings. The summed E-state index contributed by atoms with van der Waals surface area (Å²) < 4.78 is 0. The predicted octanol–water partition coefficient (Wildman–Crippen LogP) is 2.37. The number of nitrogen functional groups attached to an aromatic ring is 1. The van der Waals surface area contributed by atoms with Crippen LogP contribution in [0.5, 0.6) is 0 Å². The topological polar surface area (TPSA) is 77.0 Å². The van der Waals surface area contributed by atoms with Gasteiger partial charge < -0.3 is 5.73 Å². The highest BCUT2D eigenvalue weighted by molar-refractivity contribution is 5.83. The van der Waals surface area contributed by atoms with Crippen molar-refractivity contribution in [2.24, 2.45) is 5.84 Å². The third-order valence-corrected chi connectivity index (χ3v) is 3.46. The van der Waals surface area contributed by atoms with Crippen molar-refractivity contribution in [2.75, 3.05) is 5.73 Å². The molecule has 0 aliphatic heterocycles. The average Bonchev–Trinajstić information content (AvgIpc) is 2.50. The maximum Gasteiger partial charge on any atom is 0.128 e. The number of fused-ring (bicyclic) bond motifs is 1. The molecule has 0 aliphatic carbocycles. The summed E-state index contributed by atoms with van der Waals surface area (Å²) in [7, 11) is 0. The molecule has 0 spiro atoms. The molecule has 2 aromatic carbocycles. The number of benzene rings is 2. The van der Waals surface area contributed by atoms with Gasteiger partial charge in [0.25, 0.3) is 0 Å². The van der Waals surface area contributed by atoms with Gasteiger partial charge in [0, 0.05) is 11.8 Å². The Morgan fingerprint density at radius 2 is 1.75 bits per heavy atom. The Labute approximate surface area is 117 Å². The van der Waals surface area contributed by atoms with E-state index in [-0.39, 0.29) is 6.04 Å². The lowest BCUT2D eigenvalue weighted by Gasteiger charge is -2.18. The smallest absolute Gasteiger partial charge is 0.128 e. The van der Waals surface area contributed by atoms with Gasteiger partial charge in [-0.05, 0) is 28.5 Å². The van der Waals surface area contributed by atoms with Gasteiger partial charge in [-0.2, -0.15) is 0 Å². The second-order valence-electron chi connectivity index (χ2n) is 4.68. The van der Waals surface area contributed by atoms with Crippen LogP contribution in [0.15, 0.2) is 60.8 Å². The zero-order chi connectivity index (χ0) is 13.9. The molecule has 0 aliphatic rings. The van der Waals surface area contributed by atoms with Crippen molar-refractivity contribution < 1.29 is 0 Å². The van der Waals surface area contributed by atoms with Gasteiger partial charge in [-0.15, -0.1) is 0 Å². The Hall–Kier alpha value is -2.43. The van der Waals surface area contributed by atoms with E-state index in [1.165, 1.54) is 10.8 Å². The van der Waals surface area contributed by atoms with Crippen LogP contribution >= 0.6 is 0 Å². The minimum Gasteiger partial charge on any atom is -0.383 e. The van der Waals surface area contributed by atoms with E-state index in [4.69, 9.17) is 11.6 Å². The Morgan fingerprint density at radius 1 is 0.950 bits per heavy atom. The van der Waals surface area contributed by atoms with Crippen LogP contribution in [0.1, 0.15) is 17.2 Å². The lowest BCUT2D eigenvalue weighted by atomic mass is 9.97. The fourth-order valence-corrected chi connectivity index (χ4v) is 2.43. The maximum atomic E-state index is 5.94. The molecular formula is C16H16N4. The summed E-state index contributed by atoms with van der Waals surface area (Å²) in [5.41, 5.74) is 10.7. The van der Waals surface area contributed by atoms with E-state index < -0.39 is 0 Å². The van der Waals surface area contributed by atoms with Crippen molar-refractivity contribution in [3.8, 4) is 0 Å². The summed E-state index contributed by atoms with van der Waals surface area (Å²) in [6.45, 7) is 0. The molecule has 0 radical (unpaired) electrons. The van der Waals surface area contributed by atoms with Gasteiger partial charge >= 0.3 is 0 Å². The van der Waals surface area contributed by atoms with E-state index in [1.807, 2.05) is 24.3 Å². The van der Waals surface area contributed by atoms with E-state index in [9.17, 15) is 0 Å². The molecule has 0 fully saturated rings. The van der Waals surface area contributed by atoms with Crippen LogP contribution in [0.4, 0.5) is 5.82 Å². The third-order valence-electron chi connectivity index (χ3n) is 3.46. The SMILES string of the molecule is NNC(c1ccc2ccccc2c1)c1cccnc1N. The summed E-state index contributed by atoms with van der Waals surface area (Å²) in [5.74, 6) is 6.21. The number of nitrogens with zero attached hydrogens (tertiary/aromatic N) is 1. The Bertz CT molecular complexity index is 739. The van der Waals surface area contributed by atoms with Crippen LogP contribution in [0, 0.1) is 0 Å². The van der Waals surface area contributed by atoms with Crippen LogP contribution in [-0.2, 0) is 0 Å². The molecule has 1 unspecified atom stereocenters. The first-order valence-corrected chi connectivity index (χ1v) is 6.45. The largest absolute Gasteiger partial charge is 0.383 e. The molecule has 4 nitrogen and oxygen atoms in total. The van der Waals surface area contributed by atoms with Crippen molar-refractivity contribution in [1.82, 2.24) is 10.4 Å². The van der Waals surface area contributed by atoms with E-state index in [1.54, 1.807) is 6.20 Å². The van der Waals surface area contributed by atoms with Crippen molar-refractivity contribution >= 4 is 16.6 Å². The Kier molecular flexibility index (Phi) is 3.33. The van der Waals surface area contributed by atoms with E-state index >= 15 is 0 Å². The lowest BCUT2D eigenvalue weighted by Crippen LogP contribution is -2.29. The summed E-state index contributed by atoms with van der Waals surface area (Å²) >= 11 is 0. The highest BCUT2D eigenvalue weighted by Crippen LogP contribution is 2.27. The highest BCUT2D eigenvalue weighted by atomic mass is 15.2. The van der Waals surface area contributed by atoms with Crippen LogP contribution in [0.2, 0.25) is 0 Å². The predicted molar refractivity (Wildman–Crippen MR) is 81.8 cm³/mol. The Morgan fingerprint density at radius 3 is 2.50 bits per heavy atom. The number of nitrogens with two attached hydrogens (primary N) is 2. The highest BCUT2D eigenvalue weighted by Gasteiger charge is 2.15. The molecule has 1 atom stereocenters. The third kappa shape index (κ3) is 2.22. The van der Waals surface area contributed by atoms with Gasteiger partial charge in [0.2, 0.25) is 0 Å². The van der Waals surface area contributed by atoms with Crippen molar-refractivity contribution in [2.45, 2.75) is 6.04 Å². The molecule has 1 heterocycles. The zero-order valence-electron chi connectivity index (χ0n) is 11.0. The first-order chi connectivity index (χ1) is 9.79. The number of rotatable bonds is 3. The molecular weight excluding hydrogens is 248 g/mol. The van der Waals surface area contributed by atoms with Crippen LogP contribution < -0.4 is 17.0 Å². The number of aromatic nitrogens is 1. The summed E-state index contributed by atoms with van der Waals surface area (Å²) in [5, 5.41) is 2.37. The average molecular weight is 264 g/mol. The molecule has 0 bridgehead atoms. The Balaban J connectivity index is 2.10. The number of nitrogens with one attached hydrogen (secondary N) is 1. The van der Waals surface area contributed by atoms with Gasteiger partial charge in [-0.25, -0.2) is 10.4 Å². The van der Waals surface area contributed by atoms with E-state index in [0.717, 1.165) is 11.1 Å². The van der Waals surface area contributed by atoms with Crippen LogP contribution in [-0.4, -0.2) is 4.98 Å².